The van der Waals surface area contributed by atoms with Crippen LogP contribution in [0.5, 0.6) is 0 Å². The number of nitrogens with two attached hydrogens (primary N) is 1. The van der Waals surface area contributed by atoms with Crippen molar-refractivity contribution in [1.29, 1.82) is 0 Å². The summed E-state index contributed by atoms with van der Waals surface area (Å²) >= 11 is 0. The van der Waals surface area contributed by atoms with Crippen molar-refractivity contribution in [3.8, 4) is 0 Å². The summed E-state index contributed by atoms with van der Waals surface area (Å²) in [5, 5.41) is 0.832. The Balaban J connectivity index is 1.53. The molecule has 2 heterocycles. The maximum absolute atomic E-state index is 13.9. The maximum atomic E-state index is 13.9. The fraction of sp³-hybridized carbons (Fsp3) is 0.448. The Hall–Kier alpha value is -3.92. The quantitative estimate of drug-likeness (QED) is 0.276. The van der Waals surface area contributed by atoms with Gasteiger partial charge in [-0.2, -0.15) is 0 Å². The minimum atomic E-state index is -1.03. The van der Waals surface area contributed by atoms with Crippen LogP contribution in [-0.2, 0) is 36.9 Å². The van der Waals surface area contributed by atoms with Gasteiger partial charge in [-0.3, -0.25) is 19.4 Å². The Bertz CT molecular complexity index is 1220. The molecule has 2 aliphatic heterocycles. The summed E-state index contributed by atoms with van der Waals surface area (Å²) < 4.78 is 11.6. The summed E-state index contributed by atoms with van der Waals surface area (Å²) in [6, 6.07) is 14.9. The number of hydrogen-bond donors (Lipinski definition) is 1. The number of rotatable bonds is 4. The van der Waals surface area contributed by atoms with Gasteiger partial charge in [0.15, 0.2) is 6.23 Å². The molecule has 0 aromatic heterocycles. The molecular formula is C29H34N4O6. The minimum Gasteiger partial charge on any atom is -0.445 e. The number of para-hydroxylation sites is 1. The number of anilines is 1. The molecular weight excluding hydrogens is 500 g/mol. The fourth-order valence-corrected chi connectivity index (χ4v) is 5.74. The molecule has 3 aliphatic rings. The SMILES string of the molecule is NN1C(=O)C(=O)N2CCCC2OC(=O)C(N(C(=O)OCc2ccccc2)C2CCCCC2)Cc2ccccc21. The van der Waals surface area contributed by atoms with E-state index < -0.39 is 36.1 Å². The number of hydrogen-bond acceptors (Lipinski definition) is 7. The second kappa shape index (κ2) is 11.9. The first-order valence-corrected chi connectivity index (χ1v) is 13.6. The standard InChI is InChI=1S/C29H34N4O6/c30-33-23-15-8-7-12-21(23)18-24(28(36)39-25-16-9-17-31(25)26(34)27(33)35)32(22-13-5-2-6-14-22)29(37)38-19-20-10-3-1-4-11-20/h1,3-4,7-8,10-12,15,22,24-25H,2,5-6,9,13-14,16-19,30H2. The molecule has 10 nitrogen and oxygen atoms in total. The van der Waals surface area contributed by atoms with E-state index in [0.717, 1.165) is 42.7 Å². The van der Waals surface area contributed by atoms with Crippen LogP contribution in [0.1, 0.15) is 56.1 Å². The predicted octanol–water partition coefficient (Wildman–Crippen LogP) is 3.28. The molecule has 0 bridgehead atoms. The van der Waals surface area contributed by atoms with E-state index in [9.17, 15) is 19.2 Å². The molecule has 1 saturated carbocycles. The molecule has 0 radical (unpaired) electrons. The smallest absolute Gasteiger partial charge is 0.411 e. The van der Waals surface area contributed by atoms with Gasteiger partial charge >= 0.3 is 23.9 Å². The first-order chi connectivity index (χ1) is 18.9. The van der Waals surface area contributed by atoms with E-state index >= 15 is 0 Å². The van der Waals surface area contributed by atoms with Crippen molar-refractivity contribution in [1.82, 2.24) is 9.80 Å². The van der Waals surface area contributed by atoms with Crippen molar-refractivity contribution >= 4 is 29.6 Å². The van der Waals surface area contributed by atoms with E-state index in [4.69, 9.17) is 15.3 Å². The molecule has 2 fully saturated rings. The molecule has 206 valence electrons. The monoisotopic (exact) mass is 534 g/mol. The zero-order valence-electron chi connectivity index (χ0n) is 21.9. The largest absolute Gasteiger partial charge is 0.445 e. The number of carbonyl (C=O) groups is 4. The zero-order chi connectivity index (χ0) is 27.4. The Morgan fingerprint density at radius 3 is 2.41 bits per heavy atom. The van der Waals surface area contributed by atoms with Crippen LogP contribution in [0, 0.1) is 0 Å². The molecule has 39 heavy (non-hydrogen) atoms. The highest BCUT2D eigenvalue weighted by atomic mass is 16.6. The van der Waals surface area contributed by atoms with Crippen molar-refractivity contribution in [2.75, 3.05) is 11.6 Å². The average Bonchev–Trinajstić information content (AvgIpc) is 3.43. The molecule has 1 aliphatic carbocycles. The van der Waals surface area contributed by atoms with Crippen molar-refractivity contribution < 1.29 is 28.7 Å². The van der Waals surface area contributed by atoms with Gasteiger partial charge < -0.3 is 9.47 Å². The molecule has 2 unspecified atom stereocenters. The van der Waals surface area contributed by atoms with Gasteiger partial charge in [-0.1, -0.05) is 67.8 Å². The Kier molecular flexibility index (Phi) is 8.11. The van der Waals surface area contributed by atoms with Crippen LogP contribution in [0.4, 0.5) is 10.5 Å². The van der Waals surface area contributed by atoms with Gasteiger partial charge in [-0.25, -0.2) is 20.4 Å². The van der Waals surface area contributed by atoms with E-state index in [1.54, 1.807) is 24.3 Å². The third kappa shape index (κ3) is 5.75. The average molecular weight is 535 g/mol. The first-order valence-electron chi connectivity index (χ1n) is 13.6. The lowest BCUT2D eigenvalue weighted by Crippen LogP contribution is -2.54. The maximum Gasteiger partial charge on any atom is 0.411 e. The van der Waals surface area contributed by atoms with Gasteiger partial charge in [0, 0.05) is 25.4 Å². The number of benzene rings is 2. The number of amides is 3. The number of esters is 1. The lowest BCUT2D eigenvalue weighted by atomic mass is 9.92. The fourth-order valence-electron chi connectivity index (χ4n) is 5.74. The molecule has 2 N–H and O–H groups in total. The molecule has 1 saturated heterocycles. The third-order valence-corrected chi connectivity index (χ3v) is 7.77. The summed E-state index contributed by atoms with van der Waals surface area (Å²) in [5.41, 5.74) is 1.68. The van der Waals surface area contributed by atoms with Gasteiger partial charge in [0.2, 0.25) is 0 Å². The van der Waals surface area contributed by atoms with Crippen molar-refractivity contribution in [3.05, 3.63) is 65.7 Å². The summed E-state index contributed by atoms with van der Waals surface area (Å²) in [6.07, 6.45) is 3.93. The highest BCUT2D eigenvalue weighted by Crippen LogP contribution is 2.31. The molecule has 0 spiro atoms. The van der Waals surface area contributed by atoms with Crippen LogP contribution in [0.25, 0.3) is 0 Å². The number of carbonyl (C=O) groups excluding carboxylic acids is 4. The summed E-state index contributed by atoms with van der Waals surface area (Å²) in [4.78, 5) is 56.5. The van der Waals surface area contributed by atoms with Crippen LogP contribution < -0.4 is 10.9 Å². The van der Waals surface area contributed by atoms with Crippen LogP contribution in [0.15, 0.2) is 54.6 Å². The molecule has 2 aromatic rings. The molecule has 5 rings (SSSR count). The van der Waals surface area contributed by atoms with E-state index in [1.807, 2.05) is 30.3 Å². The first kappa shape index (κ1) is 26.7. The van der Waals surface area contributed by atoms with Crippen LogP contribution in [-0.4, -0.2) is 58.5 Å². The highest BCUT2D eigenvalue weighted by Gasteiger charge is 2.43. The van der Waals surface area contributed by atoms with E-state index in [2.05, 4.69) is 0 Å². The lowest BCUT2D eigenvalue weighted by Gasteiger charge is -2.38. The second-order valence-electron chi connectivity index (χ2n) is 10.3. The summed E-state index contributed by atoms with van der Waals surface area (Å²) in [6.45, 7) is 0.339. The summed E-state index contributed by atoms with van der Waals surface area (Å²) in [5.74, 6) is 3.82. The highest BCUT2D eigenvalue weighted by molar-refractivity contribution is 6.40. The zero-order valence-corrected chi connectivity index (χ0v) is 21.9. The number of hydrazine groups is 1. The number of nitrogens with zero attached hydrogens (tertiary/aromatic N) is 3. The van der Waals surface area contributed by atoms with Crippen molar-refractivity contribution in [3.63, 3.8) is 0 Å². The van der Waals surface area contributed by atoms with Gasteiger partial charge in [0.1, 0.15) is 12.6 Å². The Morgan fingerprint density at radius 1 is 0.923 bits per heavy atom. The number of ether oxygens (including phenoxy) is 2. The van der Waals surface area contributed by atoms with Crippen molar-refractivity contribution in [2.45, 2.75) is 76.3 Å². The number of fused-ring (bicyclic) bond motifs is 2. The van der Waals surface area contributed by atoms with Crippen molar-refractivity contribution in [2.24, 2.45) is 5.84 Å². The van der Waals surface area contributed by atoms with Crippen LogP contribution >= 0.6 is 0 Å². The second-order valence-corrected chi connectivity index (χ2v) is 10.3. The van der Waals surface area contributed by atoms with E-state index in [-0.39, 0.29) is 25.6 Å². The van der Waals surface area contributed by atoms with E-state index in [0.29, 0.717) is 24.1 Å². The Morgan fingerprint density at radius 2 is 1.64 bits per heavy atom. The predicted molar refractivity (Wildman–Crippen MR) is 142 cm³/mol. The molecule has 3 amide bonds. The lowest BCUT2D eigenvalue weighted by molar-refractivity contribution is -0.168. The van der Waals surface area contributed by atoms with Gasteiger partial charge in [-0.15, -0.1) is 0 Å². The van der Waals surface area contributed by atoms with Crippen LogP contribution in [0.2, 0.25) is 0 Å². The normalized spacial score (nSPS) is 22.4. The minimum absolute atomic E-state index is 0.0494. The van der Waals surface area contributed by atoms with Gasteiger partial charge in [0.25, 0.3) is 0 Å². The molecule has 10 heteroatoms. The topological polar surface area (TPSA) is 122 Å². The third-order valence-electron chi connectivity index (χ3n) is 7.77. The molecule has 2 atom stereocenters. The Labute approximate surface area is 227 Å². The van der Waals surface area contributed by atoms with E-state index in [1.165, 1.54) is 9.80 Å². The van der Waals surface area contributed by atoms with Crippen LogP contribution in [0.3, 0.4) is 0 Å². The summed E-state index contributed by atoms with van der Waals surface area (Å²) in [7, 11) is 0. The van der Waals surface area contributed by atoms with Gasteiger partial charge in [0.05, 0.1) is 5.69 Å². The van der Waals surface area contributed by atoms with Gasteiger partial charge in [-0.05, 0) is 36.5 Å². The molecule has 2 aromatic carbocycles.